The molecule has 1 aromatic carbocycles. The Labute approximate surface area is 166 Å². The fraction of sp³-hybridized carbons (Fsp3) is 0.500. The van der Waals surface area contributed by atoms with E-state index in [0.29, 0.717) is 47.7 Å². The highest BCUT2D eigenvalue weighted by atomic mass is 32.1. The molecule has 2 rings (SSSR count). The summed E-state index contributed by atoms with van der Waals surface area (Å²) in [6.07, 6.45) is 0. The zero-order valence-electron chi connectivity index (χ0n) is 16.5. The maximum atomic E-state index is 12.7. The number of rotatable bonds is 8. The fourth-order valence-electron chi connectivity index (χ4n) is 2.78. The smallest absolute Gasteiger partial charge is 0.338 e. The van der Waals surface area contributed by atoms with Crippen molar-refractivity contribution in [3.05, 3.63) is 35.0 Å². The van der Waals surface area contributed by atoms with E-state index in [9.17, 15) is 4.79 Å². The number of hydrogen-bond donors (Lipinski definition) is 2. The first kappa shape index (κ1) is 21.0. The topological polar surface area (TPSA) is 68.8 Å². The molecule has 0 saturated heterocycles. The van der Waals surface area contributed by atoms with Gasteiger partial charge in [-0.25, -0.2) is 4.79 Å². The molecule has 1 aliphatic rings. The van der Waals surface area contributed by atoms with Gasteiger partial charge < -0.3 is 24.8 Å². The number of carbonyl (C=O) groups excluding carboxylic acids is 1. The molecule has 1 heterocycles. The third-order valence-electron chi connectivity index (χ3n) is 3.94. The highest BCUT2D eigenvalue weighted by Gasteiger charge is 2.31. The van der Waals surface area contributed by atoms with Crippen molar-refractivity contribution in [2.75, 3.05) is 19.8 Å². The van der Waals surface area contributed by atoms with Crippen LogP contribution in [-0.2, 0) is 9.53 Å². The summed E-state index contributed by atoms with van der Waals surface area (Å²) in [6.45, 7) is 11.1. The molecule has 6 nitrogen and oxygen atoms in total. The average molecular weight is 393 g/mol. The van der Waals surface area contributed by atoms with Crippen LogP contribution in [0.15, 0.2) is 29.5 Å². The Balaban J connectivity index is 2.40. The van der Waals surface area contributed by atoms with Crippen LogP contribution >= 0.6 is 12.2 Å². The molecule has 27 heavy (non-hydrogen) atoms. The maximum Gasteiger partial charge on any atom is 0.338 e. The van der Waals surface area contributed by atoms with Gasteiger partial charge in [-0.15, -0.1) is 0 Å². The monoisotopic (exact) mass is 392 g/mol. The van der Waals surface area contributed by atoms with Gasteiger partial charge in [0.25, 0.3) is 0 Å². The average Bonchev–Trinajstić information content (AvgIpc) is 2.61. The molecule has 1 atom stereocenters. The molecule has 1 aliphatic heterocycles. The summed E-state index contributed by atoms with van der Waals surface area (Å²) in [5.41, 5.74) is 2.04. The number of ether oxygens (including phenoxy) is 3. The van der Waals surface area contributed by atoms with E-state index >= 15 is 0 Å². The molecule has 0 unspecified atom stereocenters. The third kappa shape index (κ3) is 5.35. The van der Waals surface area contributed by atoms with Crippen molar-refractivity contribution in [3.8, 4) is 11.5 Å². The molecule has 0 bridgehead atoms. The Bertz CT molecular complexity index is 731. The van der Waals surface area contributed by atoms with Gasteiger partial charge in [-0.1, -0.05) is 19.9 Å². The number of carbonyl (C=O) groups is 1. The fourth-order valence-corrected chi connectivity index (χ4v) is 3.05. The van der Waals surface area contributed by atoms with Crippen LogP contribution < -0.4 is 20.1 Å². The Kier molecular flexibility index (Phi) is 7.47. The predicted molar refractivity (Wildman–Crippen MR) is 109 cm³/mol. The summed E-state index contributed by atoms with van der Waals surface area (Å²) < 4.78 is 16.8. The number of benzene rings is 1. The Morgan fingerprint density at radius 2 is 1.85 bits per heavy atom. The number of thiocarbonyl (C=S) groups is 1. The molecule has 1 aromatic rings. The SMILES string of the molecule is CCOc1ccc([C@@H]2NC(=S)NC(C)=C2C(=O)OCC(C)C)cc1OCC. The van der Waals surface area contributed by atoms with Crippen molar-refractivity contribution in [2.45, 2.75) is 40.7 Å². The van der Waals surface area contributed by atoms with Crippen LogP contribution in [0.1, 0.15) is 46.2 Å². The second-order valence-corrected chi connectivity index (χ2v) is 7.04. The summed E-state index contributed by atoms with van der Waals surface area (Å²) in [7, 11) is 0. The first-order valence-corrected chi connectivity index (χ1v) is 9.63. The molecule has 0 fully saturated rings. The highest BCUT2D eigenvalue weighted by molar-refractivity contribution is 7.80. The summed E-state index contributed by atoms with van der Waals surface area (Å²) in [5, 5.41) is 6.64. The third-order valence-corrected chi connectivity index (χ3v) is 4.16. The molecule has 7 heteroatoms. The highest BCUT2D eigenvalue weighted by Crippen LogP contribution is 2.34. The van der Waals surface area contributed by atoms with Gasteiger partial charge in [-0.2, -0.15) is 0 Å². The Morgan fingerprint density at radius 1 is 1.19 bits per heavy atom. The van der Waals surface area contributed by atoms with Crippen LogP contribution in [0.25, 0.3) is 0 Å². The van der Waals surface area contributed by atoms with E-state index in [1.54, 1.807) is 0 Å². The van der Waals surface area contributed by atoms with Gasteiger partial charge >= 0.3 is 5.97 Å². The maximum absolute atomic E-state index is 12.7. The second-order valence-electron chi connectivity index (χ2n) is 6.63. The molecule has 148 valence electrons. The van der Waals surface area contributed by atoms with E-state index < -0.39 is 6.04 Å². The standard InChI is InChI=1S/C20H28N2O4S/c1-6-24-15-9-8-14(10-16(15)25-7-2)18-17(13(5)21-20(27)22-18)19(23)26-11-12(3)4/h8-10,12,18H,6-7,11H2,1-5H3,(H2,21,22,27)/t18-/m0/s1. The molecular formula is C20H28N2O4S. The number of nitrogens with one attached hydrogen (secondary N) is 2. The first-order chi connectivity index (χ1) is 12.9. The van der Waals surface area contributed by atoms with E-state index in [2.05, 4.69) is 10.6 Å². The second kappa shape index (κ2) is 9.60. The van der Waals surface area contributed by atoms with Crippen LogP contribution in [-0.4, -0.2) is 30.9 Å². The first-order valence-electron chi connectivity index (χ1n) is 9.22. The van der Waals surface area contributed by atoms with E-state index in [-0.39, 0.29) is 11.9 Å². The lowest BCUT2D eigenvalue weighted by atomic mass is 9.95. The summed E-state index contributed by atoms with van der Waals surface area (Å²) in [4.78, 5) is 12.7. The summed E-state index contributed by atoms with van der Waals surface area (Å²) in [5.74, 6) is 1.20. The van der Waals surface area contributed by atoms with Crippen LogP contribution in [0.2, 0.25) is 0 Å². The van der Waals surface area contributed by atoms with Crippen molar-refractivity contribution in [3.63, 3.8) is 0 Å². The van der Waals surface area contributed by atoms with E-state index in [0.717, 1.165) is 5.56 Å². The molecule has 0 saturated carbocycles. The Hall–Kier alpha value is -2.28. The minimum absolute atomic E-state index is 0.258. The zero-order chi connectivity index (χ0) is 20.0. The van der Waals surface area contributed by atoms with Gasteiger partial charge in [0, 0.05) is 5.70 Å². The van der Waals surface area contributed by atoms with Crippen molar-refractivity contribution >= 4 is 23.3 Å². The number of hydrogen-bond acceptors (Lipinski definition) is 5. The molecule has 0 aromatic heterocycles. The molecule has 0 spiro atoms. The van der Waals surface area contributed by atoms with Crippen LogP contribution in [0, 0.1) is 5.92 Å². The molecule has 0 aliphatic carbocycles. The van der Waals surface area contributed by atoms with E-state index in [1.807, 2.05) is 52.8 Å². The van der Waals surface area contributed by atoms with Crippen molar-refractivity contribution in [2.24, 2.45) is 5.92 Å². The zero-order valence-corrected chi connectivity index (χ0v) is 17.4. The van der Waals surface area contributed by atoms with Gasteiger partial charge in [-0.3, -0.25) is 0 Å². The number of esters is 1. The molecular weight excluding hydrogens is 364 g/mol. The van der Waals surface area contributed by atoms with Crippen molar-refractivity contribution < 1.29 is 19.0 Å². The summed E-state index contributed by atoms with van der Waals surface area (Å²) >= 11 is 5.29. The van der Waals surface area contributed by atoms with Gasteiger partial charge in [0.1, 0.15) is 0 Å². The number of allylic oxidation sites excluding steroid dienone is 1. The predicted octanol–water partition coefficient (Wildman–Crippen LogP) is 3.48. The van der Waals surface area contributed by atoms with Crippen LogP contribution in [0.5, 0.6) is 11.5 Å². The van der Waals surface area contributed by atoms with Crippen LogP contribution in [0.4, 0.5) is 0 Å². The summed E-state index contributed by atoms with van der Waals surface area (Å²) in [6, 6.07) is 5.21. The van der Waals surface area contributed by atoms with Crippen molar-refractivity contribution in [1.29, 1.82) is 0 Å². The largest absolute Gasteiger partial charge is 0.490 e. The molecule has 2 N–H and O–H groups in total. The van der Waals surface area contributed by atoms with Crippen molar-refractivity contribution in [1.82, 2.24) is 10.6 Å². The van der Waals surface area contributed by atoms with Crippen LogP contribution in [0.3, 0.4) is 0 Å². The van der Waals surface area contributed by atoms with Gasteiger partial charge in [0.05, 0.1) is 31.4 Å². The minimum Gasteiger partial charge on any atom is -0.490 e. The minimum atomic E-state index is -0.423. The molecule has 0 amide bonds. The quantitative estimate of drug-likeness (QED) is 0.518. The van der Waals surface area contributed by atoms with E-state index in [1.165, 1.54) is 0 Å². The lowest BCUT2D eigenvalue weighted by Crippen LogP contribution is -2.45. The lowest BCUT2D eigenvalue weighted by molar-refractivity contribution is -0.140. The van der Waals surface area contributed by atoms with Gasteiger partial charge in [-0.05, 0) is 56.6 Å². The molecule has 0 radical (unpaired) electrons. The van der Waals surface area contributed by atoms with E-state index in [4.69, 9.17) is 26.4 Å². The Morgan fingerprint density at radius 3 is 2.48 bits per heavy atom. The normalized spacial score (nSPS) is 16.7. The van der Waals surface area contributed by atoms with Gasteiger partial charge in [0.2, 0.25) is 0 Å². The lowest BCUT2D eigenvalue weighted by Gasteiger charge is -2.30. The van der Waals surface area contributed by atoms with Gasteiger partial charge in [0.15, 0.2) is 16.6 Å².